The number of aromatic amines is 1. The largest absolute Gasteiger partial charge is 0.372 e. The van der Waals surface area contributed by atoms with Gasteiger partial charge in [-0.2, -0.15) is 0 Å². The summed E-state index contributed by atoms with van der Waals surface area (Å²) >= 11 is 0. The van der Waals surface area contributed by atoms with Gasteiger partial charge in [0.1, 0.15) is 19.0 Å². The van der Waals surface area contributed by atoms with E-state index in [0.29, 0.717) is 13.3 Å². The Hall–Kier alpha value is -0.870. The van der Waals surface area contributed by atoms with E-state index < -0.39 is 0 Å². The first kappa shape index (κ1) is 9.22. The van der Waals surface area contributed by atoms with Gasteiger partial charge in [0, 0.05) is 13.7 Å². The van der Waals surface area contributed by atoms with Crippen molar-refractivity contribution in [1.29, 1.82) is 0 Å². The molecule has 0 saturated heterocycles. The lowest BCUT2D eigenvalue weighted by Gasteiger charge is -1.99. The number of imidazole rings is 1. The molecule has 0 amide bonds. The molecule has 0 unspecified atom stereocenters. The maximum absolute atomic E-state index is 5.25. The zero-order chi connectivity index (χ0) is 8.81. The zero-order valence-electron chi connectivity index (χ0n) is 7.54. The molecule has 1 aromatic heterocycles. The standard InChI is InChI=1S/C8H14N2O2/c1-3-12-7-10-5-4-9-8(10)6-11-2/h4-5H,3,6-7H2,1-2H3/p+1. The van der Waals surface area contributed by atoms with Gasteiger partial charge in [-0.1, -0.05) is 0 Å². The highest BCUT2D eigenvalue weighted by molar-refractivity contribution is 4.73. The number of aromatic nitrogens is 2. The molecule has 0 bridgehead atoms. The first-order valence-electron chi connectivity index (χ1n) is 4.00. The Kier molecular flexibility index (Phi) is 3.76. The van der Waals surface area contributed by atoms with Crippen molar-refractivity contribution >= 4 is 0 Å². The number of hydrogen-bond acceptors (Lipinski definition) is 2. The van der Waals surface area contributed by atoms with Crippen molar-refractivity contribution < 1.29 is 14.0 Å². The quantitative estimate of drug-likeness (QED) is 0.653. The van der Waals surface area contributed by atoms with Crippen LogP contribution in [0.3, 0.4) is 0 Å². The van der Waals surface area contributed by atoms with E-state index in [2.05, 4.69) is 4.98 Å². The van der Waals surface area contributed by atoms with E-state index in [-0.39, 0.29) is 0 Å². The molecule has 0 aliphatic rings. The molecule has 4 nitrogen and oxygen atoms in total. The van der Waals surface area contributed by atoms with E-state index >= 15 is 0 Å². The number of rotatable bonds is 5. The van der Waals surface area contributed by atoms with Gasteiger partial charge >= 0.3 is 0 Å². The average Bonchev–Trinajstić information content (AvgIpc) is 2.50. The molecule has 0 fully saturated rings. The molecular weight excluding hydrogens is 156 g/mol. The molecule has 4 heteroatoms. The summed E-state index contributed by atoms with van der Waals surface area (Å²) in [7, 11) is 1.67. The third-order valence-corrected chi connectivity index (χ3v) is 1.57. The third-order valence-electron chi connectivity index (χ3n) is 1.57. The summed E-state index contributed by atoms with van der Waals surface area (Å²) in [5.41, 5.74) is 0. The van der Waals surface area contributed by atoms with Gasteiger partial charge in [0.2, 0.25) is 0 Å². The SMILES string of the molecule is CCOC[n+]1cc[nH]c1COC. The molecular formula is C8H15N2O2+. The molecule has 0 aromatic carbocycles. The Morgan fingerprint density at radius 2 is 2.42 bits per heavy atom. The summed E-state index contributed by atoms with van der Waals surface area (Å²) in [6.07, 6.45) is 3.80. The normalized spacial score (nSPS) is 10.5. The summed E-state index contributed by atoms with van der Waals surface area (Å²) < 4.78 is 12.2. The van der Waals surface area contributed by atoms with Crippen LogP contribution in [0, 0.1) is 0 Å². The highest BCUT2D eigenvalue weighted by atomic mass is 16.5. The average molecular weight is 171 g/mol. The maximum Gasteiger partial charge on any atom is 0.282 e. The fourth-order valence-electron chi connectivity index (χ4n) is 0.968. The zero-order valence-corrected chi connectivity index (χ0v) is 7.54. The van der Waals surface area contributed by atoms with Crippen molar-refractivity contribution in [3.63, 3.8) is 0 Å². The number of nitrogens with one attached hydrogen (secondary N) is 1. The Morgan fingerprint density at radius 1 is 1.58 bits per heavy atom. The topological polar surface area (TPSA) is 38.1 Å². The molecule has 1 aromatic rings. The number of hydrogen-bond donors (Lipinski definition) is 1. The minimum absolute atomic E-state index is 0.582. The number of nitrogens with zero attached hydrogens (tertiary/aromatic N) is 1. The number of ether oxygens (including phenoxy) is 2. The van der Waals surface area contributed by atoms with E-state index in [0.717, 1.165) is 12.4 Å². The van der Waals surface area contributed by atoms with Gasteiger partial charge in [-0.05, 0) is 6.92 Å². The predicted molar refractivity (Wildman–Crippen MR) is 43.3 cm³/mol. The van der Waals surface area contributed by atoms with Crippen LogP contribution in [-0.4, -0.2) is 18.7 Å². The molecule has 12 heavy (non-hydrogen) atoms. The second-order valence-electron chi connectivity index (χ2n) is 2.43. The molecule has 0 aliphatic heterocycles. The van der Waals surface area contributed by atoms with E-state index in [1.165, 1.54) is 0 Å². The molecule has 0 atom stereocenters. The Morgan fingerprint density at radius 3 is 3.08 bits per heavy atom. The minimum atomic E-state index is 0.582. The van der Waals surface area contributed by atoms with Crippen molar-refractivity contribution in [3.8, 4) is 0 Å². The summed E-state index contributed by atoms with van der Waals surface area (Å²) in [4.78, 5) is 3.07. The monoisotopic (exact) mass is 171 g/mol. The number of methoxy groups -OCH3 is 1. The second-order valence-corrected chi connectivity index (χ2v) is 2.43. The van der Waals surface area contributed by atoms with Crippen molar-refractivity contribution in [2.45, 2.75) is 20.3 Å². The van der Waals surface area contributed by atoms with Crippen LogP contribution in [0.25, 0.3) is 0 Å². The molecule has 68 valence electrons. The van der Waals surface area contributed by atoms with E-state index in [9.17, 15) is 0 Å². The smallest absolute Gasteiger partial charge is 0.282 e. The highest BCUT2D eigenvalue weighted by Crippen LogP contribution is 1.88. The fourth-order valence-corrected chi connectivity index (χ4v) is 0.968. The van der Waals surface area contributed by atoms with Gasteiger partial charge in [-0.3, -0.25) is 0 Å². The lowest BCUT2D eigenvalue weighted by atomic mass is 10.6. The van der Waals surface area contributed by atoms with Gasteiger partial charge in [0.15, 0.2) is 6.73 Å². The predicted octanol–water partition coefficient (Wildman–Crippen LogP) is 0.443. The van der Waals surface area contributed by atoms with Gasteiger partial charge in [0.05, 0.1) is 0 Å². The second kappa shape index (κ2) is 4.90. The Bertz CT molecular complexity index is 223. The van der Waals surface area contributed by atoms with Gasteiger partial charge in [-0.25, -0.2) is 9.55 Å². The van der Waals surface area contributed by atoms with Crippen LogP contribution in [-0.2, 0) is 22.8 Å². The summed E-state index contributed by atoms with van der Waals surface area (Å²) in [6.45, 7) is 3.87. The molecule has 0 saturated carbocycles. The molecule has 0 spiro atoms. The van der Waals surface area contributed by atoms with Crippen molar-refractivity contribution in [3.05, 3.63) is 18.2 Å². The molecule has 1 N–H and O–H groups in total. The summed E-state index contributed by atoms with van der Waals surface area (Å²) in [6, 6.07) is 0. The van der Waals surface area contributed by atoms with E-state index in [1.54, 1.807) is 7.11 Å². The lowest BCUT2D eigenvalue weighted by Crippen LogP contribution is -2.37. The third kappa shape index (κ3) is 2.32. The van der Waals surface area contributed by atoms with Crippen LogP contribution in [0.15, 0.2) is 12.4 Å². The highest BCUT2D eigenvalue weighted by Gasteiger charge is 2.08. The van der Waals surface area contributed by atoms with Crippen molar-refractivity contribution in [2.75, 3.05) is 13.7 Å². The van der Waals surface area contributed by atoms with Gasteiger partial charge in [0.25, 0.3) is 5.82 Å². The van der Waals surface area contributed by atoms with Crippen molar-refractivity contribution in [2.24, 2.45) is 0 Å². The first-order chi connectivity index (χ1) is 5.88. The lowest BCUT2D eigenvalue weighted by molar-refractivity contribution is -0.739. The summed E-state index contributed by atoms with van der Waals surface area (Å²) in [5, 5.41) is 0. The maximum atomic E-state index is 5.25. The fraction of sp³-hybridized carbons (Fsp3) is 0.625. The van der Waals surface area contributed by atoms with E-state index in [4.69, 9.17) is 9.47 Å². The van der Waals surface area contributed by atoms with Gasteiger partial charge in [-0.15, -0.1) is 0 Å². The van der Waals surface area contributed by atoms with Gasteiger partial charge < -0.3 is 9.47 Å². The minimum Gasteiger partial charge on any atom is -0.372 e. The molecule has 0 radical (unpaired) electrons. The molecule has 1 rings (SSSR count). The van der Waals surface area contributed by atoms with E-state index in [1.807, 2.05) is 23.9 Å². The van der Waals surface area contributed by atoms with Crippen LogP contribution in [0.4, 0.5) is 0 Å². The molecule has 1 heterocycles. The van der Waals surface area contributed by atoms with Crippen molar-refractivity contribution in [1.82, 2.24) is 4.98 Å². The first-order valence-corrected chi connectivity index (χ1v) is 4.00. The van der Waals surface area contributed by atoms with Crippen LogP contribution < -0.4 is 4.57 Å². The number of H-pyrrole nitrogens is 1. The van der Waals surface area contributed by atoms with Crippen LogP contribution >= 0.6 is 0 Å². The van der Waals surface area contributed by atoms with Crippen LogP contribution in [0.5, 0.6) is 0 Å². The molecule has 0 aliphatic carbocycles. The van der Waals surface area contributed by atoms with Crippen LogP contribution in [0.1, 0.15) is 12.7 Å². The van der Waals surface area contributed by atoms with Crippen LogP contribution in [0.2, 0.25) is 0 Å². The Balaban J connectivity index is 2.51. The Labute approximate surface area is 72.1 Å². The summed E-state index contributed by atoms with van der Waals surface area (Å²) in [5.74, 6) is 1.02.